The van der Waals surface area contributed by atoms with Crippen molar-refractivity contribution < 1.29 is 0 Å². The number of fused-ring (bicyclic) bond motifs is 1. The quantitative estimate of drug-likeness (QED) is 0.352. The predicted octanol–water partition coefficient (Wildman–Crippen LogP) is 3.29. The Kier molecular flexibility index (Phi) is 4.51. The molecule has 9 heteroatoms. The molecule has 4 aromatic rings. The fourth-order valence-electron chi connectivity index (χ4n) is 2.69. The molecule has 0 bridgehead atoms. The highest BCUT2D eigenvalue weighted by atomic mass is 32.2. The normalized spacial score (nSPS) is 10.9. The summed E-state index contributed by atoms with van der Waals surface area (Å²) in [5, 5.41) is 15.8. The van der Waals surface area contributed by atoms with E-state index in [9.17, 15) is 0 Å². The molecule has 0 unspecified atom stereocenters. The van der Waals surface area contributed by atoms with Gasteiger partial charge in [-0.2, -0.15) is 5.10 Å². The van der Waals surface area contributed by atoms with Crippen LogP contribution in [0, 0.1) is 5.41 Å². The smallest absolute Gasteiger partial charge is 0.137 e. The summed E-state index contributed by atoms with van der Waals surface area (Å²) < 4.78 is 7.09. The zero-order valence-electron chi connectivity index (χ0n) is 14.8. The van der Waals surface area contributed by atoms with Crippen molar-refractivity contribution in [2.45, 2.75) is 5.03 Å². The molecule has 3 N–H and O–H groups in total. The second-order valence-electron chi connectivity index (χ2n) is 5.90. The van der Waals surface area contributed by atoms with Crippen LogP contribution < -0.4 is 10.0 Å². The van der Waals surface area contributed by atoms with Crippen molar-refractivity contribution in [1.82, 2.24) is 24.1 Å². The summed E-state index contributed by atoms with van der Waals surface area (Å²) in [6, 6.07) is 5.94. The molecule has 0 fully saturated rings. The molecule has 0 spiro atoms. The first kappa shape index (κ1) is 17.1. The molecule has 0 aliphatic heterocycles. The molecule has 8 nitrogen and oxygen atoms in total. The topological polar surface area (TPSA) is 95.9 Å². The van der Waals surface area contributed by atoms with Crippen LogP contribution >= 0.6 is 11.9 Å². The van der Waals surface area contributed by atoms with Crippen molar-refractivity contribution in [2.75, 3.05) is 17.1 Å². The van der Waals surface area contributed by atoms with Crippen molar-refractivity contribution in [3.63, 3.8) is 0 Å². The summed E-state index contributed by atoms with van der Waals surface area (Å²) in [5.41, 5.74) is 5.19. The van der Waals surface area contributed by atoms with Gasteiger partial charge in [0.1, 0.15) is 16.4 Å². The van der Waals surface area contributed by atoms with Gasteiger partial charge in [0.15, 0.2) is 0 Å². The van der Waals surface area contributed by atoms with Crippen LogP contribution in [0.3, 0.4) is 0 Å². The Labute approximate surface area is 160 Å². The maximum absolute atomic E-state index is 7.54. The molecule has 0 aliphatic rings. The summed E-state index contributed by atoms with van der Waals surface area (Å²) in [7, 11) is 3.74. The van der Waals surface area contributed by atoms with Gasteiger partial charge in [-0.15, -0.1) is 0 Å². The van der Waals surface area contributed by atoms with Crippen LogP contribution in [0.25, 0.3) is 16.8 Å². The Morgan fingerprint density at radius 1 is 1.11 bits per heavy atom. The maximum Gasteiger partial charge on any atom is 0.137 e. The number of nitrogens with zero attached hydrogens (tertiary/aromatic N) is 5. The third kappa shape index (κ3) is 3.36. The molecular weight excluding hydrogens is 360 g/mol. The van der Waals surface area contributed by atoms with Crippen molar-refractivity contribution in [3.8, 4) is 11.1 Å². The molecule has 0 aromatic carbocycles. The number of hydrogen-bond donors (Lipinski definition) is 3. The maximum atomic E-state index is 7.54. The van der Waals surface area contributed by atoms with E-state index in [2.05, 4.69) is 25.1 Å². The van der Waals surface area contributed by atoms with Crippen LogP contribution in [0.5, 0.6) is 0 Å². The van der Waals surface area contributed by atoms with Crippen molar-refractivity contribution >= 4 is 35.2 Å². The van der Waals surface area contributed by atoms with E-state index < -0.39 is 0 Å². The molecule has 4 heterocycles. The summed E-state index contributed by atoms with van der Waals surface area (Å²) in [6.45, 7) is 0. The Morgan fingerprint density at radius 2 is 2.00 bits per heavy atom. The summed E-state index contributed by atoms with van der Waals surface area (Å²) in [5.74, 6) is 0. The second kappa shape index (κ2) is 7.12. The first-order valence-corrected chi connectivity index (χ1v) is 9.07. The fraction of sp³-hybridized carbons (Fsp3) is 0.111. The van der Waals surface area contributed by atoms with E-state index in [1.807, 2.05) is 61.5 Å². The highest BCUT2D eigenvalue weighted by Gasteiger charge is 2.09. The lowest BCUT2D eigenvalue weighted by atomic mass is 10.2. The molecule has 0 atom stereocenters. The van der Waals surface area contributed by atoms with Gasteiger partial charge >= 0.3 is 0 Å². The average molecular weight is 378 g/mol. The zero-order chi connectivity index (χ0) is 18.8. The van der Waals surface area contributed by atoms with Crippen LogP contribution in [-0.4, -0.2) is 37.4 Å². The molecule has 0 aliphatic carbocycles. The predicted molar refractivity (Wildman–Crippen MR) is 109 cm³/mol. The lowest BCUT2D eigenvalue weighted by molar-refractivity contribution is 0.768. The fourth-order valence-corrected chi connectivity index (χ4v) is 3.42. The van der Waals surface area contributed by atoms with Gasteiger partial charge in [-0.1, -0.05) is 0 Å². The van der Waals surface area contributed by atoms with Gasteiger partial charge in [0.05, 0.1) is 30.0 Å². The SMILES string of the molecule is CNc1cnc(C=N)c(NSc2cnc3ccc(-c4cnn(C)c4)cn23)c1. The molecule has 0 saturated heterocycles. The third-order valence-corrected chi connectivity index (χ3v) is 4.95. The van der Waals surface area contributed by atoms with Gasteiger partial charge in [0, 0.05) is 55.8 Å². The number of aromatic nitrogens is 5. The van der Waals surface area contributed by atoms with Crippen molar-refractivity contribution in [2.24, 2.45) is 7.05 Å². The van der Waals surface area contributed by atoms with Gasteiger partial charge < -0.3 is 15.4 Å². The summed E-state index contributed by atoms with van der Waals surface area (Å²) in [6.07, 6.45) is 10.6. The highest BCUT2D eigenvalue weighted by molar-refractivity contribution is 8.00. The molecule has 4 aromatic heterocycles. The largest absolute Gasteiger partial charge is 0.387 e. The van der Waals surface area contributed by atoms with E-state index in [1.165, 1.54) is 18.2 Å². The first-order valence-electron chi connectivity index (χ1n) is 8.25. The van der Waals surface area contributed by atoms with E-state index >= 15 is 0 Å². The van der Waals surface area contributed by atoms with E-state index in [-0.39, 0.29) is 0 Å². The minimum absolute atomic E-state index is 0.575. The molecule has 136 valence electrons. The Hall–Kier alpha value is -3.33. The minimum Gasteiger partial charge on any atom is -0.387 e. The summed E-state index contributed by atoms with van der Waals surface area (Å²) in [4.78, 5) is 8.73. The number of hydrogen-bond acceptors (Lipinski definition) is 7. The third-order valence-electron chi connectivity index (χ3n) is 4.12. The molecule has 0 radical (unpaired) electrons. The number of aryl methyl sites for hydroxylation is 1. The second-order valence-corrected chi connectivity index (χ2v) is 6.73. The number of pyridine rings is 2. The Balaban J connectivity index is 1.64. The molecule has 0 saturated carbocycles. The van der Waals surface area contributed by atoms with Gasteiger partial charge in [-0.3, -0.25) is 14.1 Å². The number of rotatable bonds is 6. The molecule has 4 rings (SSSR count). The van der Waals surface area contributed by atoms with Gasteiger partial charge in [0.25, 0.3) is 0 Å². The van der Waals surface area contributed by atoms with E-state index in [0.29, 0.717) is 5.69 Å². The lowest BCUT2D eigenvalue weighted by Gasteiger charge is -2.10. The number of nitrogens with one attached hydrogen (secondary N) is 3. The Bertz CT molecular complexity index is 1110. The zero-order valence-corrected chi connectivity index (χ0v) is 15.7. The van der Waals surface area contributed by atoms with Crippen LogP contribution in [0.15, 0.2) is 54.2 Å². The molecule has 0 amide bonds. The van der Waals surface area contributed by atoms with Crippen LogP contribution in [0.1, 0.15) is 5.69 Å². The van der Waals surface area contributed by atoms with Crippen LogP contribution in [0.4, 0.5) is 11.4 Å². The van der Waals surface area contributed by atoms with Gasteiger partial charge in [-0.25, -0.2) is 4.98 Å². The number of imidazole rings is 1. The monoisotopic (exact) mass is 378 g/mol. The van der Waals surface area contributed by atoms with Gasteiger partial charge in [-0.05, 0) is 18.2 Å². The minimum atomic E-state index is 0.575. The Morgan fingerprint density at radius 3 is 2.74 bits per heavy atom. The lowest BCUT2D eigenvalue weighted by Crippen LogP contribution is -1.99. The van der Waals surface area contributed by atoms with Gasteiger partial charge in [0.2, 0.25) is 0 Å². The van der Waals surface area contributed by atoms with E-state index in [1.54, 1.807) is 10.9 Å². The standard InChI is InChI=1S/C18H18N8S/c1-20-14-5-15(16(6-19)21-8-14)24-27-18-9-22-17-4-3-12(11-26(17)18)13-7-23-25(2)10-13/h3-11,19-20,24H,1-2H3. The number of anilines is 2. The van der Waals surface area contributed by atoms with Crippen molar-refractivity contribution in [1.29, 1.82) is 5.41 Å². The van der Waals surface area contributed by atoms with E-state index in [0.717, 1.165) is 33.2 Å². The van der Waals surface area contributed by atoms with E-state index in [4.69, 9.17) is 5.41 Å². The average Bonchev–Trinajstić information content (AvgIpc) is 3.31. The summed E-state index contributed by atoms with van der Waals surface area (Å²) >= 11 is 1.43. The van der Waals surface area contributed by atoms with Crippen LogP contribution in [-0.2, 0) is 7.05 Å². The van der Waals surface area contributed by atoms with Crippen molar-refractivity contribution in [3.05, 3.63) is 54.9 Å². The first-order chi connectivity index (χ1) is 13.2. The molecular formula is C18H18N8S. The van der Waals surface area contributed by atoms with Crippen LogP contribution in [0.2, 0.25) is 0 Å². The molecule has 27 heavy (non-hydrogen) atoms. The highest BCUT2D eigenvalue weighted by Crippen LogP contribution is 2.27.